The van der Waals surface area contributed by atoms with E-state index in [9.17, 15) is 13.2 Å². The molecule has 40 heavy (non-hydrogen) atoms. The van der Waals surface area contributed by atoms with Gasteiger partial charge in [-0.2, -0.15) is 0 Å². The molecule has 9 heteroatoms. The van der Waals surface area contributed by atoms with Crippen molar-refractivity contribution >= 4 is 27.6 Å². The van der Waals surface area contributed by atoms with Crippen LogP contribution in [0.5, 0.6) is 0 Å². The van der Waals surface area contributed by atoms with E-state index in [0.29, 0.717) is 42.5 Å². The maximum Gasteiger partial charge on any atom is 0.251 e. The maximum absolute atomic E-state index is 13.7. The zero-order valence-electron chi connectivity index (χ0n) is 23.6. The number of anilines is 2. The van der Waals surface area contributed by atoms with Gasteiger partial charge in [0, 0.05) is 30.7 Å². The van der Waals surface area contributed by atoms with Crippen LogP contribution in [0.2, 0.25) is 0 Å². The first-order valence-corrected chi connectivity index (χ1v) is 15.9. The number of hydrogen-bond donors (Lipinski definition) is 3. The first kappa shape index (κ1) is 29.6. The van der Waals surface area contributed by atoms with Crippen LogP contribution in [0.3, 0.4) is 0 Å². The van der Waals surface area contributed by atoms with Crippen LogP contribution in [0.15, 0.2) is 72.8 Å². The first-order valence-electron chi connectivity index (χ1n) is 14.0. The highest BCUT2D eigenvalue weighted by molar-refractivity contribution is 7.92. The minimum absolute atomic E-state index is 0.233. The summed E-state index contributed by atoms with van der Waals surface area (Å²) in [5.74, 6) is 1.60. The molecule has 1 aliphatic rings. The summed E-state index contributed by atoms with van der Waals surface area (Å²) in [6, 6.07) is 22.5. The number of rotatable bonds is 14. The van der Waals surface area contributed by atoms with Gasteiger partial charge < -0.3 is 16.4 Å². The topological polar surface area (TPSA) is 117 Å². The number of nitrogens with one attached hydrogen (secondary N) is 2. The molecule has 4 N–H and O–H groups in total. The summed E-state index contributed by atoms with van der Waals surface area (Å²) in [7, 11) is -3.59. The number of benzene rings is 2. The van der Waals surface area contributed by atoms with E-state index in [-0.39, 0.29) is 30.4 Å². The van der Waals surface area contributed by atoms with Crippen molar-refractivity contribution in [3.8, 4) is 0 Å². The van der Waals surface area contributed by atoms with Crippen molar-refractivity contribution in [1.29, 1.82) is 0 Å². The number of aromatic nitrogens is 1. The number of nitrogens with zero attached hydrogens (tertiary/aromatic N) is 2. The molecule has 0 saturated heterocycles. The van der Waals surface area contributed by atoms with Crippen LogP contribution in [0.25, 0.3) is 0 Å². The van der Waals surface area contributed by atoms with Crippen molar-refractivity contribution in [3.05, 3.63) is 89.5 Å². The first-order chi connectivity index (χ1) is 19.1. The molecule has 1 heterocycles. The zero-order chi connectivity index (χ0) is 28.7. The van der Waals surface area contributed by atoms with Crippen LogP contribution in [-0.4, -0.2) is 50.7 Å². The number of pyridine rings is 1. The fourth-order valence-electron chi connectivity index (χ4n) is 4.90. The van der Waals surface area contributed by atoms with Crippen molar-refractivity contribution in [2.24, 2.45) is 17.6 Å². The lowest BCUT2D eigenvalue weighted by molar-refractivity contribution is 0.0930. The van der Waals surface area contributed by atoms with E-state index in [4.69, 9.17) is 5.73 Å². The molecule has 4 rings (SSSR count). The second-order valence-electron chi connectivity index (χ2n) is 10.9. The average molecular weight is 564 g/mol. The Labute approximate surface area is 238 Å². The second-order valence-corrected chi connectivity index (χ2v) is 12.8. The van der Waals surface area contributed by atoms with Crippen LogP contribution in [0.4, 0.5) is 11.6 Å². The predicted octanol–water partition coefficient (Wildman–Crippen LogP) is 4.24. The molecule has 0 spiro atoms. The van der Waals surface area contributed by atoms with E-state index in [1.165, 1.54) is 4.31 Å². The Morgan fingerprint density at radius 2 is 1.65 bits per heavy atom. The SMILES string of the molecule is CCCN(c1cc(C(=O)N[C@@H](Cc2ccccc2)[C@@H](N)Cc2ccccc2)cc(NCC2CC2C)n1)S(C)(=O)=O. The van der Waals surface area contributed by atoms with E-state index < -0.39 is 10.0 Å². The van der Waals surface area contributed by atoms with Crippen molar-refractivity contribution in [3.63, 3.8) is 0 Å². The number of amides is 1. The molecule has 1 saturated carbocycles. The molecule has 0 bridgehead atoms. The smallest absolute Gasteiger partial charge is 0.251 e. The summed E-state index contributed by atoms with van der Waals surface area (Å²) in [4.78, 5) is 18.3. The van der Waals surface area contributed by atoms with E-state index in [0.717, 1.165) is 30.3 Å². The number of carbonyl (C=O) groups excluding carboxylic acids is 1. The number of carbonyl (C=O) groups is 1. The molecule has 1 amide bonds. The van der Waals surface area contributed by atoms with Gasteiger partial charge in [-0.25, -0.2) is 13.4 Å². The third-order valence-corrected chi connectivity index (χ3v) is 8.59. The molecule has 0 aliphatic heterocycles. The highest BCUT2D eigenvalue weighted by Crippen LogP contribution is 2.37. The summed E-state index contributed by atoms with van der Waals surface area (Å²) in [5.41, 5.74) is 9.21. The Morgan fingerprint density at radius 1 is 1.05 bits per heavy atom. The van der Waals surface area contributed by atoms with Crippen LogP contribution in [0, 0.1) is 11.8 Å². The van der Waals surface area contributed by atoms with Gasteiger partial charge in [0.15, 0.2) is 0 Å². The van der Waals surface area contributed by atoms with Gasteiger partial charge in [0.2, 0.25) is 10.0 Å². The number of sulfonamides is 1. The Bertz CT molecular complexity index is 1370. The Hall–Kier alpha value is -3.43. The van der Waals surface area contributed by atoms with Crippen molar-refractivity contribution in [1.82, 2.24) is 10.3 Å². The molecule has 0 radical (unpaired) electrons. The van der Waals surface area contributed by atoms with E-state index in [2.05, 4.69) is 22.5 Å². The Balaban J connectivity index is 1.62. The molecule has 1 aromatic heterocycles. The third-order valence-electron chi connectivity index (χ3n) is 7.42. The molecular weight excluding hydrogens is 522 g/mol. The van der Waals surface area contributed by atoms with Gasteiger partial charge in [-0.1, -0.05) is 74.5 Å². The molecule has 214 valence electrons. The van der Waals surface area contributed by atoms with E-state index in [1.54, 1.807) is 12.1 Å². The van der Waals surface area contributed by atoms with E-state index >= 15 is 0 Å². The van der Waals surface area contributed by atoms with Gasteiger partial charge in [-0.05, 0) is 60.8 Å². The fourth-order valence-corrected chi connectivity index (χ4v) is 5.84. The van der Waals surface area contributed by atoms with Gasteiger partial charge in [-0.15, -0.1) is 0 Å². The second kappa shape index (κ2) is 13.3. The van der Waals surface area contributed by atoms with Crippen LogP contribution in [0.1, 0.15) is 48.2 Å². The summed E-state index contributed by atoms with van der Waals surface area (Å²) in [6.45, 7) is 5.11. The molecule has 8 nitrogen and oxygen atoms in total. The average Bonchev–Trinajstić information content (AvgIpc) is 3.65. The van der Waals surface area contributed by atoms with Gasteiger partial charge in [0.1, 0.15) is 11.6 Å². The summed E-state index contributed by atoms with van der Waals surface area (Å²) >= 11 is 0. The highest BCUT2D eigenvalue weighted by Gasteiger charge is 2.32. The van der Waals surface area contributed by atoms with Crippen LogP contribution in [-0.2, 0) is 22.9 Å². The lowest BCUT2D eigenvalue weighted by atomic mass is 9.94. The summed E-state index contributed by atoms with van der Waals surface area (Å²) < 4.78 is 26.5. The Kier molecular flexibility index (Phi) is 9.81. The van der Waals surface area contributed by atoms with Crippen molar-refractivity contribution < 1.29 is 13.2 Å². The van der Waals surface area contributed by atoms with Gasteiger partial charge in [0.05, 0.1) is 6.26 Å². The fraction of sp³-hybridized carbons (Fsp3) is 0.419. The largest absolute Gasteiger partial charge is 0.370 e. The summed E-state index contributed by atoms with van der Waals surface area (Å²) in [6.07, 6.45) is 4.08. The third kappa shape index (κ3) is 8.29. The number of hydrogen-bond acceptors (Lipinski definition) is 6. The van der Waals surface area contributed by atoms with E-state index in [1.807, 2.05) is 67.6 Å². The highest BCUT2D eigenvalue weighted by atomic mass is 32.2. The summed E-state index contributed by atoms with van der Waals surface area (Å²) in [5, 5.41) is 6.50. The zero-order valence-corrected chi connectivity index (χ0v) is 24.4. The molecule has 1 fully saturated rings. The maximum atomic E-state index is 13.7. The molecule has 2 aromatic carbocycles. The lowest BCUT2D eigenvalue weighted by Gasteiger charge is -2.26. The van der Waals surface area contributed by atoms with Crippen LogP contribution < -0.4 is 20.7 Å². The predicted molar refractivity (Wildman–Crippen MR) is 162 cm³/mol. The number of nitrogens with two attached hydrogens (primary N) is 1. The monoisotopic (exact) mass is 563 g/mol. The van der Waals surface area contributed by atoms with Crippen LogP contribution >= 0.6 is 0 Å². The molecule has 2 unspecified atom stereocenters. The van der Waals surface area contributed by atoms with Crippen molar-refractivity contribution in [2.45, 2.75) is 51.6 Å². The minimum atomic E-state index is -3.59. The van der Waals surface area contributed by atoms with Gasteiger partial charge >= 0.3 is 0 Å². The minimum Gasteiger partial charge on any atom is -0.370 e. The van der Waals surface area contributed by atoms with Gasteiger partial charge in [0.25, 0.3) is 5.91 Å². The molecule has 3 aromatic rings. The Morgan fingerprint density at radius 3 is 2.20 bits per heavy atom. The molecule has 4 atom stereocenters. The van der Waals surface area contributed by atoms with Gasteiger partial charge in [-0.3, -0.25) is 9.10 Å². The molecule has 1 aliphatic carbocycles. The standard InChI is InChI=1S/C31H41N5O3S/c1-4-15-36(40(3,38)39)30-20-25(19-29(35-30)33-21-26-16-22(26)2)31(37)34-28(18-24-13-9-6-10-14-24)27(32)17-23-11-7-5-8-12-23/h5-14,19-20,22,26-28H,4,15-18,21,32H2,1-3H3,(H,33,35)(H,34,37)/t22?,26?,27-,28-/m0/s1. The quantitative estimate of drug-likeness (QED) is 0.270. The lowest BCUT2D eigenvalue weighted by Crippen LogP contribution is -2.50. The molecular formula is C31H41N5O3S. The van der Waals surface area contributed by atoms with Crippen molar-refractivity contribution in [2.75, 3.05) is 29.0 Å². The normalized spacial score (nSPS) is 18.0.